The molecular formula is C52H68ClN11O7S2. The number of aryl methyl sites for hydroxylation is 1. The number of piperidine rings is 1. The molecule has 3 atom stereocenters. The van der Waals surface area contributed by atoms with Gasteiger partial charge in [-0.1, -0.05) is 69.3 Å². The van der Waals surface area contributed by atoms with Crippen LogP contribution in [0.5, 0.6) is 5.75 Å². The van der Waals surface area contributed by atoms with Gasteiger partial charge in [0.1, 0.15) is 28.7 Å². The molecule has 1 aliphatic carbocycles. The van der Waals surface area contributed by atoms with E-state index in [1.54, 1.807) is 28.9 Å². The third kappa shape index (κ3) is 13.7. The Morgan fingerprint density at radius 2 is 1.82 bits per heavy atom. The van der Waals surface area contributed by atoms with Crippen molar-refractivity contribution in [2.75, 3.05) is 75.7 Å². The maximum Gasteiger partial charge on any atom is 0.246 e. The number of benzene rings is 2. The second-order valence-corrected chi connectivity index (χ2v) is 23.4. The van der Waals surface area contributed by atoms with E-state index in [0.717, 1.165) is 66.3 Å². The molecule has 3 aliphatic heterocycles. The van der Waals surface area contributed by atoms with Gasteiger partial charge in [-0.3, -0.25) is 28.9 Å². The molecular weight excluding hydrogens is 990 g/mol. The number of thiazole rings is 1. The van der Waals surface area contributed by atoms with E-state index in [0.29, 0.717) is 65.6 Å². The van der Waals surface area contributed by atoms with Gasteiger partial charge in [0.15, 0.2) is 0 Å². The molecule has 4 aromatic rings. The number of nitrogens with zero attached hydrogens (tertiary/aromatic N) is 7. The van der Waals surface area contributed by atoms with Crippen LogP contribution in [-0.2, 0) is 30.5 Å². The zero-order valence-electron chi connectivity index (χ0n) is 42.3. The van der Waals surface area contributed by atoms with Crippen LogP contribution < -0.4 is 31.3 Å². The van der Waals surface area contributed by atoms with Crippen LogP contribution in [0.3, 0.4) is 0 Å². The van der Waals surface area contributed by atoms with Crippen molar-refractivity contribution in [3.8, 4) is 16.2 Å². The molecule has 0 spiro atoms. The van der Waals surface area contributed by atoms with Gasteiger partial charge < -0.3 is 46.2 Å². The second-order valence-electron chi connectivity index (χ2n) is 21.1. The van der Waals surface area contributed by atoms with E-state index in [1.165, 1.54) is 28.0 Å². The number of ether oxygens (including phenoxy) is 1. The number of amides is 5. The zero-order valence-corrected chi connectivity index (χ0v) is 44.7. The Bertz CT molecular complexity index is 2640. The summed E-state index contributed by atoms with van der Waals surface area (Å²) >= 11 is 9.67. The number of hydrogen-bond acceptors (Lipinski definition) is 15. The maximum absolute atomic E-state index is 14.0. The fourth-order valence-electron chi connectivity index (χ4n) is 9.33. The molecule has 8 rings (SSSR count). The van der Waals surface area contributed by atoms with E-state index in [2.05, 4.69) is 42.7 Å². The number of aromatic nitrogens is 3. The van der Waals surface area contributed by atoms with Crippen molar-refractivity contribution >= 4 is 75.7 Å². The van der Waals surface area contributed by atoms with Crippen molar-refractivity contribution in [2.24, 2.45) is 22.5 Å². The van der Waals surface area contributed by atoms with Gasteiger partial charge in [-0.25, -0.2) is 15.0 Å². The molecule has 18 nitrogen and oxygen atoms in total. The number of piperazine rings is 1. The van der Waals surface area contributed by atoms with Crippen LogP contribution in [0.15, 0.2) is 64.2 Å². The number of aliphatic hydroxyl groups excluding tert-OH is 1. The first kappa shape index (κ1) is 53.9. The molecule has 73 heavy (non-hydrogen) atoms. The molecule has 0 bridgehead atoms. The smallest absolute Gasteiger partial charge is 0.246 e. The lowest BCUT2D eigenvalue weighted by Gasteiger charge is -2.39. The molecule has 392 valence electrons. The lowest BCUT2D eigenvalue weighted by molar-refractivity contribution is -0.144. The van der Waals surface area contributed by atoms with Crippen molar-refractivity contribution in [2.45, 2.75) is 108 Å². The van der Waals surface area contributed by atoms with Crippen LogP contribution in [0.4, 0.5) is 11.5 Å². The first-order chi connectivity index (χ1) is 34.9. The standard InChI is InChI=1S/C52H68ClN11O7S2/c1-32-46(72-31-58-32)34-12-13-35(24-57-49(69)38-23-36(65)27-64(38)50(70)47(51(2,3)4)60-48(68)33-10-11-33)39(22-34)71-21-7-16-61-19-20-63(44(67)29-61)28-42(66)59-37-8-6-9-40(45(37)53)73-43-26-55-41(25-56-43)62-17-14-52(5,30-54)15-18-62/h6,8-9,12-13,22,25-26,31,33,36,38,47,65H,7,10-11,14-21,23-24,27-30,54H2,1-5H3,(H,57,69)(H,59,66)(H,60,68)/t36-,38+,47-/m1/s1. The molecule has 0 unspecified atom stereocenters. The van der Waals surface area contributed by atoms with Crippen LogP contribution >= 0.6 is 34.7 Å². The van der Waals surface area contributed by atoms with Gasteiger partial charge in [-0.15, -0.1) is 11.3 Å². The highest BCUT2D eigenvalue weighted by Gasteiger charge is 2.45. The van der Waals surface area contributed by atoms with Crippen LogP contribution in [0.25, 0.3) is 10.4 Å². The number of aliphatic hydroxyl groups is 1. The van der Waals surface area contributed by atoms with Gasteiger partial charge in [-0.2, -0.15) is 0 Å². The summed E-state index contributed by atoms with van der Waals surface area (Å²) in [6.45, 7) is 14.2. The minimum Gasteiger partial charge on any atom is -0.493 e. The van der Waals surface area contributed by atoms with E-state index >= 15 is 0 Å². The number of nitrogens with one attached hydrogen (secondary N) is 3. The molecule has 2 aromatic carbocycles. The number of anilines is 2. The molecule has 0 radical (unpaired) electrons. The number of carbonyl (C=O) groups excluding carboxylic acids is 5. The first-order valence-electron chi connectivity index (χ1n) is 25.1. The number of β-amino-alcohol motifs (C(OH)–C–C–N with tert-alkyl or cyclic N) is 1. The average molecular weight is 1060 g/mol. The largest absolute Gasteiger partial charge is 0.493 e. The van der Waals surface area contributed by atoms with Gasteiger partial charge in [0.2, 0.25) is 29.5 Å². The Kier molecular flexibility index (Phi) is 17.3. The minimum absolute atomic E-state index is 0.0102. The van der Waals surface area contributed by atoms with Crippen molar-refractivity contribution < 1.29 is 33.8 Å². The Morgan fingerprint density at radius 3 is 2.49 bits per heavy atom. The Labute approximate surface area is 440 Å². The summed E-state index contributed by atoms with van der Waals surface area (Å²) in [7, 11) is 0. The lowest BCUT2D eigenvalue weighted by atomic mass is 9.80. The van der Waals surface area contributed by atoms with Gasteiger partial charge in [-0.05, 0) is 80.2 Å². The Hall–Kier alpha value is -5.38. The molecule has 4 fully saturated rings. The molecule has 21 heteroatoms. The fraction of sp³-hybridized carbons (Fsp3) is 0.538. The molecule has 4 aliphatic rings. The predicted molar refractivity (Wildman–Crippen MR) is 282 cm³/mol. The molecule has 6 N–H and O–H groups in total. The quantitative estimate of drug-likeness (QED) is 0.0747. The van der Waals surface area contributed by atoms with Crippen molar-refractivity contribution in [3.05, 3.63) is 70.6 Å². The Morgan fingerprint density at radius 1 is 1.04 bits per heavy atom. The van der Waals surface area contributed by atoms with Crippen molar-refractivity contribution in [1.29, 1.82) is 0 Å². The summed E-state index contributed by atoms with van der Waals surface area (Å²) < 4.78 is 6.41. The van der Waals surface area contributed by atoms with Crippen LogP contribution in [0.1, 0.15) is 77.5 Å². The highest BCUT2D eigenvalue weighted by atomic mass is 35.5. The average Bonchev–Trinajstić information content (AvgIpc) is 4.02. The van der Waals surface area contributed by atoms with Crippen LogP contribution in [-0.4, -0.2) is 148 Å². The van der Waals surface area contributed by atoms with Gasteiger partial charge >= 0.3 is 0 Å². The van der Waals surface area contributed by atoms with E-state index in [4.69, 9.17) is 22.1 Å². The predicted octanol–water partition coefficient (Wildman–Crippen LogP) is 5.35. The van der Waals surface area contributed by atoms with Crippen LogP contribution in [0, 0.1) is 23.7 Å². The van der Waals surface area contributed by atoms with E-state index < -0.39 is 35.4 Å². The van der Waals surface area contributed by atoms with Crippen LogP contribution in [0.2, 0.25) is 5.02 Å². The highest BCUT2D eigenvalue weighted by Crippen LogP contribution is 2.38. The number of nitrogens with two attached hydrogens (primary N) is 1. The molecule has 2 aromatic heterocycles. The zero-order chi connectivity index (χ0) is 52.0. The van der Waals surface area contributed by atoms with Gasteiger partial charge in [0.25, 0.3) is 0 Å². The summed E-state index contributed by atoms with van der Waals surface area (Å²) in [6.07, 6.45) is 6.89. The van der Waals surface area contributed by atoms with Gasteiger partial charge in [0.05, 0.1) is 65.0 Å². The summed E-state index contributed by atoms with van der Waals surface area (Å²) in [5.74, 6) is -0.168. The summed E-state index contributed by atoms with van der Waals surface area (Å²) in [4.78, 5) is 89.9. The Balaban J connectivity index is 0.811. The van der Waals surface area contributed by atoms with Crippen molar-refractivity contribution in [1.82, 2.24) is 40.3 Å². The number of likely N-dealkylation sites (tertiary alicyclic amines) is 1. The molecule has 5 amide bonds. The normalized spacial score (nSPS) is 19.7. The summed E-state index contributed by atoms with van der Waals surface area (Å²) in [5.41, 5.74) is 10.3. The van der Waals surface area contributed by atoms with Gasteiger partial charge in [0, 0.05) is 68.6 Å². The monoisotopic (exact) mass is 1060 g/mol. The lowest BCUT2D eigenvalue weighted by Crippen LogP contribution is -2.58. The number of halogens is 1. The third-order valence-electron chi connectivity index (χ3n) is 14.2. The molecule has 3 saturated heterocycles. The topological polar surface area (TPSA) is 229 Å². The van der Waals surface area contributed by atoms with Crippen molar-refractivity contribution in [3.63, 3.8) is 0 Å². The SMILES string of the molecule is Cc1ncsc1-c1ccc(CNC(=O)[C@@H]2C[C@@H](O)CN2C(=O)[C@@H](NC(=O)C2CC2)C(C)(C)C)c(OCCCN2CCN(CC(=O)Nc3cccc(Sc4cnc(N5CCC(C)(CN)CC5)cn4)c3Cl)C(=O)C2)c1. The van der Waals surface area contributed by atoms with E-state index in [-0.39, 0.29) is 61.7 Å². The molecule has 1 saturated carbocycles. The summed E-state index contributed by atoms with van der Waals surface area (Å²) in [5, 5.41) is 20.5. The third-order valence-corrected chi connectivity index (χ3v) is 16.7. The minimum atomic E-state index is -0.920. The fourth-order valence-corrected chi connectivity index (χ4v) is 11.2. The first-order valence-corrected chi connectivity index (χ1v) is 27.2. The number of rotatable bonds is 19. The maximum atomic E-state index is 14.0. The number of carbonyl (C=O) groups is 5. The summed E-state index contributed by atoms with van der Waals surface area (Å²) in [6, 6.07) is 9.42. The second kappa shape index (κ2) is 23.4. The number of hydrogen-bond donors (Lipinski definition) is 5. The van der Waals surface area contributed by atoms with E-state index in [9.17, 15) is 29.1 Å². The highest BCUT2D eigenvalue weighted by molar-refractivity contribution is 7.99. The molecule has 5 heterocycles. The van der Waals surface area contributed by atoms with E-state index in [1.807, 2.05) is 62.9 Å².